The van der Waals surface area contributed by atoms with E-state index >= 15 is 0 Å². The van der Waals surface area contributed by atoms with Gasteiger partial charge in [0.15, 0.2) is 6.10 Å². The molecule has 0 aromatic heterocycles. The molecule has 3 N–H and O–H groups in total. The Labute approximate surface area is 142 Å². The van der Waals surface area contributed by atoms with Gasteiger partial charge in [-0.05, 0) is 30.5 Å². The van der Waals surface area contributed by atoms with Gasteiger partial charge < -0.3 is 15.7 Å². The lowest BCUT2D eigenvalue weighted by Gasteiger charge is -2.50. The first-order valence-corrected chi connectivity index (χ1v) is 8.14. The molecule has 1 aliphatic carbocycles. The second-order valence-corrected chi connectivity index (χ2v) is 6.78. The number of hydrogen-bond donors (Lipinski definition) is 3. The monoisotopic (exact) mass is 356 g/mol. The Morgan fingerprint density at radius 2 is 1.92 bits per heavy atom. The third-order valence-corrected chi connectivity index (χ3v) is 5.22. The van der Waals surface area contributed by atoms with Gasteiger partial charge in [-0.25, -0.2) is 0 Å². The van der Waals surface area contributed by atoms with Gasteiger partial charge in [-0.15, -0.1) is 0 Å². The first-order valence-electron chi connectivity index (χ1n) is 8.14. The zero-order valence-corrected chi connectivity index (χ0v) is 13.4. The van der Waals surface area contributed by atoms with Gasteiger partial charge in [0.1, 0.15) is 0 Å². The summed E-state index contributed by atoms with van der Waals surface area (Å²) in [6.07, 6.45) is -3.03. The molecule has 0 bridgehead atoms. The third kappa shape index (κ3) is 3.49. The minimum atomic E-state index is -4.47. The van der Waals surface area contributed by atoms with Crippen molar-refractivity contribution in [1.82, 2.24) is 10.6 Å². The van der Waals surface area contributed by atoms with E-state index in [1.807, 2.05) is 0 Å². The number of nitrogens with one attached hydrogen (secondary N) is 2. The van der Waals surface area contributed by atoms with Crippen molar-refractivity contribution in [2.24, 2.45) is 5.41 Å². The molecular formula is C17H19F3N2O3. The standard InChI is InChI=1S/C17H19F3N2O3/c18-17(19,20)11-4-2-10(3-5-11)14(24)15(25)22-12-9-21-13(23)8-16(12)6-1-7-16/h2-5,12,14,24H,1,6-9H2,(H,21,23)(H,22,25). The number of benzene rings is 1. The van der Waals surface area contributed by atoms with Crippen LogP contribution >= 0.6 is 0 Å². The summed E-state index contributed by atoms with van der Waals surface area (Å²) in [5.74, 6) is -0.722. The van der Waals surface area contributed by atoms with Crippen LogP contribution in [-0.2, 0) is 15.8 Å². The van der Waals surface area contributed by atoms with Crippen LogP contribution in [0.5, 0.6) is 0 Å². The topological polar surface area (TPSA) is 78.4 Å². The van der Waals surface area contributed by atoms with Crippen LogP contribution in [0.15, 0.2) is 24.3 Å². The molecule has 8 heteroatoms. The number of piperidine rings is 1. The largest absolute Gasteiger partial charge is 0.416 e. The Balaban J connectivity index is 1.67. The van der Waals surface area contributed by atoms with Gasteiger partial charge >= 0.3 is 6.18 Å². The molecule has 25 heavy (non-hydrogen) atoms. The molecule has 1 heterocycles. The quantitative estimate of drug-likeness (QED) is 0.774. The van der Waals surface area contributed by atoms with Gasteiger partial charge in [0.2, 0.25) is 5.91 Å². The van der Waals surface area contributed by atoms with Gasteiger partial charge in [-0.2, -0.15) is 13.2 Å². The minimum absolute atomic E-state index is 0.0477. The molecule has 2 unspecified atom stereocenters. The van der Waals surface area contributed by atoms with Gasteiger partial charge in [0.05, 0.1) is 11.6 Å². The van der Waals surface area contributed by atoms with Crippen LogP contribution in [0.3, 0.4) is 0 Å². The molecule has 2 aliphatic rings. The van der Waals surface area contributed by atoms with E-state index in [0.29, 0.717) is 13.0 Å². The van der Waals surface area contributed by atoms with Crippen LogP contribution in [0.1, 0.15) is 42.9 Å². The summed E-state index contributed by atoms with van der Waals surface area (Å²) in [7, 11) is 0. The fourth-order valence-corrected chi connectivity index (χ4v) is 3.55. The number of hydrogen-bond acceptors (Lipinski definition) is 3. The molecule has 1 spiro atoms. The Kier molecular flexibility index (Phi) is 4.49. The van der Waals surface area contributed by atoms with E-state index in [9.17, 15) is 27.9 Å². The summed E-state index contributed by atoms with van der Waals surface area (Å²) < 4.78 is 37.7. The molecule has 1 aromatic carbocycles. The molecule has 2 atom stereocenters. The van der Waals surface area contributed by atoms with E-state index in [-0.39, 0.29) is 22.9 Å². The molecular weight excluding hydrogens is 337 g/mol. The van der Waals surface area contributed by atoms with Crippen LogP contribution in [0.2, 0.25) is 0 Å². The van der Waals surface area contributed by atoms with Gasteiger partial charge in [0, 0.05) is 18.4 Å². The summed E-state index contributed by atoms with van der Waals surface area (Å²) in [5.41, 5.74) is -1.02. The second-order valence-electron chi connectivity index (χ2n) is 6.78. The Morgan fingerprint density at radius 3 is 2.44 bits per heavy atom. The van der Waals surface area contributed by atoms with E-state index in [1.54, 1.807) is 0 Å². The maximum absolute atomic E-state index is 12.6. The van der Waals surface area contributed by atoms with Crippen molar-refractivity contribution in [3.63, 3.8) is 0 Å². The minimum Gasteiger partial charge on any atom is -0.378 e. The van der Waals surface area contributed by atoms with Crippen LogP contribution in [0.4, 0.5) is 13.2 Å². The number of halogens is 3. The summed E-state index contributed by atoms with van der Waals surface area (Å²) in [5, 5.41) is 15.6. The van der Waals surface area contributed by atoms with Crippen molar-refractivity contribution >= 4 is 11.8 Å². The zero-order chi connectivity index (χ0) is 18.2. The van der Waals surface area contributed by atoms with Gasteiger partial charge in [-0.1, -0.05) is 18.6 Å². The van der Waals surface area contributed by atoms with Crippen molar-refractivity contribution in [3.8, 4) is 0 Å². The highest BCUT2D eigenvalue weighted by Crippen LogP contribution is 2.48. The van der Waals surface area contributed by atoms with E-state index < -0.39 is 23.8 Å². The Bertz CT molecular complexity index is 669. The molecule has 5 nitrogen and oxygen atoms in total. The highest BCUT2D eigenvalue weighted by Gasteiger charge is 2.48. The van der Waals surface area contributed by atoms with Crippen molar-refractivity contribution < 1.29 is 27.9 Å². The molecule has 3 rings (SSSR count). The first-order chi connectivity index (χ1) is 11.7. The van der Waals surface area contributed by atoms with Crippen molar-refractivity contribution in [3.05, 3.63) is 35.4 Å². The highest BCUT2D eigenvalue weighted by atomic mass is 19.4. The molecule has 1 aliphatic heterocycles. The first kappa shape index (κ1) is 17.7. The molecule has 2 amide bonds. The van der Waals surface area contributed by atoms with Crippen LogP contribution in [0.25, 0.3) is 0 Å². The van der Waals surface area contributed by atoms with E-state index in [4.69, 9.17) is 0 Å². The molecule has 0 radical (unpaired) electrons. The molecule has 1 aromatic rings. The molecule has 136 valence electrons. The zero-order valence-electron chi connectivity index (χ0n) is 13.4. The van der Waals surface area contributed by atoms with Crippen molar-refractivity contribution in [2.75, 3.05) is 6.54 Å². The average Bonchev–Trinajstić information content (AvgIpc) is 2.53. The SMILES string of the molecule is O=C1CC2(CCC2)C(NC(=O)C(O)c2ccc(C(F)(F)F)cc2)CN1. The van der Waals surface area contributed by atoms with Gasteiger partial charge in [-0.3, -0.25) is 9.59 Å². The number of aliphatic hydroxyl groups excluding tert-OH is 1. The maximum atomic E-state index is 12.6. The van der Waals surface area contributed by atoms with Crippen molar-refractivity contribution in [2.45, 2.75) is 44.0 Å². The predicted molar refractivity (Wildman–Crippen MR) is 82.2 cm³/mol. The van der Waals surface area contributed by atoms with Crippen LogP contribution in [0, 0.1) is 5.41 Å². The lowest BCUT2D eigenvalue weighted by molar-refractivity contribution is -0.138. The summed E-state index contributed by atoms with van der Waals surface area (Å²) in [6, 6.07) is 3.57. The fraction of sp³-hybridized carbons (Fsp3) is 0.529. The van der Waals surface area contributed by atoms with Crippen LogP contribution in [-0.4, -0.2) is 29.5 Å². The van der Waals surface area contributed by atoms with E-state index in [0.717, 1.165) is 43.5 Å². The number of aliphatic hydroxyl groups is 1. The molecule has 1 saturated heterocycles. The smallest absolute Gasteiger partial charge is 0.378 e. The normalized spacial score (nSPS) is 23.5. The number of amides is 2. The number of alkyl halides is 3. The maximum Gasteiger partial charge on any atom is 0.416 e. The number of carbonyl (C=O) groups excluding carboxylic acids is 2. The van der Waals surface area contributed by atoms with Crippen molar-refractivity contribution in [1.29, 1.82) is 0 Å². The number of carbonyl (C=O) groups is 2. The van der Waals surface area contributed by atoms with E-state index in [2.05, 4.69) is 10.6 Å². The third-order valence-electron chi connectivity index (χ3n) is 5.22. The fourth-order valence-electron chi connectivity index (χ4n) is 3.55. The Morgan fingerprint density at radius 1 is 1.28 bits per heavy atom. The lowest BCUT2D eigenvalue weighted by Crippen LogP contribution is -2.62. The molecule has 1 saturated carbocycles. The van der Waals surface area contributed by atoms with Gasteiger partial charge in [0.25, 0.3) is 5.91 Å². The predicted octanol–water partition coefficient (Wildman–Crippen LogP) is 1.91. The average molecular weight is 356 g/mol. The number of rotatable bonds is 3. The molecule has 2 fully saturated rings. The Hall–Kier alpha value is -2.09. The summed E-state index contributed by atoms with van der Waals surface area (Å²) in [4.78, 5) is 23.9. The highest BCUT2D eigenvalue weighted by molar-refractivity contribution is 5.83. The second kappa shape index (κ2) is 6.33. The van der Waals surface area contributed by atoms with Crippen LogP contribution < -0.4 is 10.6 Å². The summed E-state index contributed by atoms with van der Waals surface area (Å²) >= 11 is 0. The lowest BCUT2D eigenvalue weighted by atomic mass is 9.60. The summed E-state index contributed by atoms with van der Waals surface area (Å²) in [6.45, 7) is 0.296. The van der Waals surface area contributed by atoms with E-state index in [1.165, 1.54) is 0 Å².